The van der Waals surface area contributed by atoms with E-state index in [1.54, 1.807) is 14.0 Å². The molecule has 1 fully saturated rings. The Labute approximate surface area is 98.0 Å². The Morgan fingerprint density at radius 3 is 2.75 bits per heavy atom. The van der Waals surface area contributed by atoms with Crippen LogP contribution >= 0.6 is 0 Å². The van der Waals surface area contributed by atoms with Crippen LogP contribution < -0.4 is 5.32 Å². The zero-order chi connectivity index (χ0) is 12.2. The summed E-state index contributed by atoms with van der Waals surface area (Å²) in [4.78, 5) is 13.5. The lowest BCUT2D eigenvalue weighted by Crippen LogP contribution is -2.50. The lowest BCUT2D eigenvalue weighted by Gasteiger charge is -2.35. The molecule has 1 aliphatic heterocycles. The van der Waals surface area contributed by atoms with Crippen molar-refractivity contribution in [2.75, 3.05) is 20.1 Å². The van der Waals surface area contributed by atoms with Gasteiger partial charge in [0, 0.05) is 12.6 Å². The van der Waals surface area contributed by atoms with Gasteiger partial charge in [0.15, 0.2) is 0 Å². The van der Waals surface area contributed by atoms with Crippen molar-refractivity contribution >= 4 is 5.97 Å². The molecular formula is C12H24N2O2. The third-order valence-corrected chi connectivity index (χ3v) is 3.86. The molecule has 1 saturated heterocycles. The number of likely N-dealkylation sites (tertiary alicyclic amines) is 1. The smallest absolute Gasteiger partial charge is 0.323 e. The molecule has 0 aromatic rings. The molecule has 0 aromatic heterocycles. The lowest BCUT2D eigenvalue weighted by molar-refractivity contribution is -0.144. The molecular weight excluding hydrogens is 204 g/mol. The van der Waals surface area contributed by atoms with Crippen molar-refractivity contribution in [1.29, 1.82) is 0 Å². The van der Waals surface area contributed by atoms with E-state index in [1.165, 1.54) is 19.3 Å². The van der Waals surface area contributed by atoms with Crippen LogP contribution in [-0.4, -0.2) is 47.7 Å². The Morgan fingerprint density at radius 2 is 2.25 bits per heavy atom. The van der Waals surface area contributed by atoms with Gasteiger partial charge in [0.25, 0.3) is 0 Å². The molecule has 94 valence electrons. The van der Waals surface area contributed by atoms with Crippen LogP contribution in [-0.2, 0) is 4.79 Å². The van der Waals surface area contributed by atoms with Gasteiger partial charge in [0.1, 0.15) is 5.54 Å². The fourth-order valence-electron chi connectivity index (χ4n) is 2.20. The van der Waals surface area contributed by atoms with E-state index in [0.717, 1.165) is 13.1 Å². The zero-order valence-corrected chi connectivity index (χ0v) is 10.6. The third-order valence-electron chi connectivity index (χ3n) is 3.86. The van der Waals surface area contributed by atoms with Crippen molar-refractivity contribution in [2.45, 2.75) is 51.1 Å². The minimum Gasteiger partial charge on any atom is -0.480 e. The second-order valence-corrected chi connectivity index (χ2v) is 5.02. The molecule has 16 heavy (non-hydrogen) atoms. The molecule has 0 radical (unpaired) electrons. The maximum Gasteiger partial charge on any atom is 0.323 e. The first kappa shape index (κ1) is 13.5. The lowest BCUT2D eigenvalue weighted by atomic mass is 9.96. The first-order valence-electron chi connectivity index (χ1n) is 6.16. The quantitative estimate of drug-likeness (QED) is 0.745. The number of nitrogens with one attached hydrogen (secondary N) is 1. The van der Waals surface area contributed by atoms with Crippen molar-refractivity contribution in [1.82, 2.24) is 10.2 Å². The van der Waals surface area contributed by atoms with Gasteiger partial charge in [-0.25, -0.2) is 0 Å². The number of rotatable bonds is 5. The van der Waals surface area contributed by atoms with Crippen molar-refractivity contribution < 1.29 is 9.90 Å². The van der Waals surface area contributed by atoms with E-state index in [9.17, 15) is 4.79 Å². The predicted molar refractivity (Wildman–Crippen MR) is 64.6 cm³/mol. The van der Waals surface area contributed by atoms with E-state index in [-0.39, 0.29) is 0 Å². The Bertz CT molecular complexity index is 245. The minimum atomic E-state index is -0.794. The summed E-state index contributed by atoms with van der Waals surface area (Å²) < 4.78 is 0. The number of hydrogen-bond acceptors (Lipinski definition) is 3. The fraction of sp³-hybridized carbons (Fsp3) is 0.917. The van der Waals surface area contributed by atoms with Crippen LogP contribution in [0.1, 0.15) is 39.5 Å². The summed E-state index contributed by atoms with van der Waals surface area (Å²) in [5.74, 6) is -0.764. The van der Waals surface area contributed by atoms with Gasteiger partial charge < -0.3 is 15.3 Å². The second-order valence-electron chi connectivity index (χ2n) is 5.02. The summed E-state index contributed by atoms with van der Waals surface area (Å²) in [6.07, 6.45) is 4.44. The van der Waals surface area contributed by atoms with E-state index in [0.29, 0.717) is 12.5 Å². The Morgan fingerprint density at radius 1 is 1.56 bits per heavy atom. The molecule has 1 heterocycles. The predicted octanol–water partition coefficient (Wildman–Crippen LogP) is 1.31. The molecule has 4 heteroatoms. The number of hydrogen-bond donors (Lipinski definition) is 2. The summed E-state index contributed by atoms with van der Waals surface area (Å²) in [5.41, 5.74) is -0.794. The van der Waals surface area contributed by atoms with Gasteiger partial charge in [0.05, 0.1) is 0 Å². The summed E-state index contributed by atoms with van der Waals surface area (Å²) in [7, 11) is 1.72. The number of carbonyl (C=O) groups is 1. The number of aliphatic carboxylic acids is 1. The second kappa shape index (κ2) is 5.64. The number of nitrogens with zero attached hydrogens (tertiary/aromatic N) is 1. The topological polar surface area (TPSA) is 52.6 Å². The van der Waals surface area contributed by atoms with Crippen LogP contribution in [0.15, 0.2) is 0 Å². The Balaban J connectivity index is 2.45. The van der Waals surface area contributed by atoms with Gasteiger partial charge in [0.2, 0.25) is 0 Å². The van der Waals surface area contributed by atoms with Gasteiger partial charge in [-0.05, 0) is 46.7 Å². The highest BCUT2D eigenvalue weighted by molar-refractivity contribution is 5.78. The molecule has 2 unspecified atom stereocenters. The third kappa shape index (κ3) is 3.19. The minimum absolute atomic E-state index is 0.601. The monoisotopic (exact) mass is 228 g/mol. The molecule has 1 aliphatic rings. The number of likely N-dealkylation sites (N-methyl/N-ethyl adjacent to an activating group) is 1. The van der Waals surface area contributed by atoms with Crippen LogP contribution in [0.2, 0.25) is 0 Å². The van der Waals surface area contributed by atoms with E-state index < -0.39 is 11.5 Å². The molecule has 2 atom stereocenters. The molecule has 0 saturated carbocycles. The van der Waals surface area contributed by atoms with Crippen molar-refractivity contribution in [2.24, 2.45) is 0 Å². The SMILES string of the molecule is CNC(C)(CCN1CCCCC1C)C(=O)O. The maximum absolute atomic E-state index is 11.1. The molecule has 1 rings (SSSR count). The van der Waals surface area contributed by atoms with Crippen LogP contribution in [0.25, 0.3) is 0 Å². The Hall–Kier alpha value is -0.610. The molecule has 0 aromatic carbocycles. The highest BCUT2D eigenvalue weighted by Crippen LogP contribution is 2.19. The summed E-state index contributed by atoms with van der Waals surface area (Å²) in [6, 6.07) is 0.601. The van der Waals surface area contributed by atoms with E-state index in [4.69, 9.17) is 5.11 Å². The molecule has 0 aliphatic carbocycles. The average Bonchev–Trinajstić information content (AvgIpc) is 2.27. The van der Waals surface area contributed by atoms with Crippen molar-refractivity contribution in [3.05, 3.63) is 0 Å². The Kier molecular flexibility index (Phi) is 4.74. The average molecular weight is 228 g/mol. The number of carboxylic acid groups (broad SMARTS) is 1. The van der Waals surface area contributed by atoms with Gasteiger partial charge in [-0.15, -0.1) is 0 Å². The molecule has 0 amide bonds. The standard InChI is InChI=1S/C12H24N2O2/c1-10-6-4-5-8-14(10)9-7-12(2,13-3)11(15)16/h10,13H,4-9H2,1-3H3,(H,15,16). The van der Waals surface area contributed by atoms with Crippen LogP contribution in [0.5, 0.6) is 0 Å². The maximum atomic E-state index is 11.1. The number of piperidine rings is 1. The molecule has 0 spiro atoms. The normalized spacial score (nSPS) is 26.3. The van der Waals surface area contributed by atoms with E-state index in [2.05, 4.69) is 17.1 Å². The summed E-state index contributed by atoms with van der Waals surface area (Å²) >= 11 is 0. The van der Waals surface area contributed by atoms with Gasteiger partial charge in [-0.3, -0.25) is 4.79 Å². The summed E-state index contributed by atoms with van der Waals surface area (Å²) in [6.45, 7) is 5.96. The highest BCUT2D eigenvalue weighted by atomic mass is 16.4. The van der Waals surface area contributed by atoms with E-state index >= 15 is 0 Å². The summed E-state index contributed by atoms with van der Waals surface area (Å²) in [5, 5.41) is 12.1. The van der Waals surface area contributed by atoms with Crippen LogP contribution in [0, 0.1) is 0 Å². The highest BCUT2D eigenvalue weighted by Gasteiger charge is 2.32. The first-order chi connectivity index (χ1) is 7.49. The van der Waals surface area contributed by atoms with Crippen molar-refractivity contribution in [3.63, 3.8) is 0 Å². The van der Waals surface area contributed by atoms with Gasteiger partial charge in [-0.1, -0.05) is 6.42 Å². The number of carboxylic acids is 1. The fourth-order valence-corrected chi connectivity index (χ4v) is 2.20. The van der Waals surface area contributed by atoms with Gasteiger partial charge in [-0.2, -0.15) is 0 Å². The molecule has 2 N–H and O–H groups in total. The zero-order valence-electron chi connectivity index (χ0n) is 10.6. The van der Waals surface area contributed by atoms with Gasteiger partial charge >= 0.3 is 5.97 Å². The van der Waals surface area contributed by atoms with Crippen LogP contribution in [0.4, 0.5) is 0 Å². The first-order valence-corrected chi connectivity index (χ1v) is 6.16. The molecule has 4 nitrogen and oxygen atoms in total. The molecule has 0 bridgehead atoms. The van der Waals surface area contributed by atoms with Crippen molar-refractivity contribution in [3.8, 4) is 0 Å². The van der Waals surface area contributed by atoms with E-state index in [1.807, 2.05) is 0 Å². The van der Waals surface area contributed by atoms with Crippen LogP contribution in [0.3, 0.4) is 0 Å². The largest absolute Gasteiger partial charge is 0.480 e.